The van der Waals surface area contributed by atoms with Crippen LogP contribution in [-0.2, 0) is 17.8 Å². The number of carbonyl (C=O) groups is 1. The fraction of sp³-hybridized carbons (Fsp3) is 0.158. The van der Waals surface area contributed by atoms with Crippen molar-refractivity contribution in [1.29, 1.82) is 0 Å². The number of hydrogen-bond donors (Lipinski definition) is 1. The van der Waals surface area contributed by atoms with Crippen molar-refractivity contribution in [3.8, 4) is 17.1 Å². The minimum absolute atomic E-state index is 0.138. The first-order valence-electron chi connectivity index (χ1n) is 7.76. The lowest BCUT2D eigenvalue weighted by Gasteiger charge is -2.04. The average Bonchev–Trinajstić information content (AvgIpc) is 3.10. The topological polar surface area (TPSA) is 64.4 Å². The first kappa shape index (κ1) is 16.7. The molecule has 1 heterocycles. The van der Waals surface area contributed by atoms with Crippen molar-refractivity contribution in [2.24, 2.45) is 0 Å². The molecule has 0 radical (unpaired) electrons. The fourth-order valence-corrected chi connectivity index (χ4v) is 2.36. The minimum atomic E-state index is -0.381. The minimum Gasteiger partial charge on any atom is -0.497 e. The standard InChI is InChI=1S/C19H17FN2O3/c1-24-15-8-6-13(7-9-15)10-19(23)21-12-14-11-18(25-22-14)16-4-2-3-5-17(16)20/h2-9,11H,10,12H2,1H3,(H,21,23). The number of benzene rings is 2. The van der Waals surface area contributed by atoms with Crippen LogP contribution < -0.4 is 10.1 Å². The Morgan fingerprint density at radius 2 is 1.96 bits per heavy atom. The van der Waals surface area contributed by atoms with Crippen molar-refractivity contribution in [3.63, 3.8) is 0 Å². The number of nitrogens with one attached hydrogen (secondary N) is 1. The molecule has 0 fully saturated rings. The van der Waals surface area contributed by atoms with Crippen molar-refractivity contribution in [2.75, 3.05) is 7.11 Å². The van der Waals surface area contributed by atoms with Crippen LogP contribution >= 0.6 is 0 Å². The first-order chi connectivity index (χ1) is 12.2. The number of halogens is 1. The van der Waals surface area contributed by atoms with Gasteiger partial charge in [-0.25, -0.2) is 4.39 Å². The Labute approximate surface area is 144 Å². The monoisotopic (exact) mass is 340 g/mol. The van der Waals surface area contributed by atoms with E-state index in [2.05, 4.69) is 10.5 Å². The van der Waals surface area contributed by atoms with Gasteiger partial charge in [-0.15, -0.1) is 0 Å². The van der Waals surface area contributed by atoms with Gasteiger partial charge in [0.05, 0.1) is 25.6 Å². The maximum Gasteiger partial charge on any atom is 0.224 e. The average molecular weight is 340 g/mol. The van der Waals surface area contributed by atoms with E-state index in [9.17, 15) is 9.18 Å². The molecular formula is C19H17FN2O3. The predicted molar refractivity (Wildman–Crippen MR) is 90.4 cm³/mol. The molecule has 1 aromatic heterocycles. The highest BCUT2D eigenvalue weighted by Crippen LogP contribution is 2.23. The predicted octanol–water partition coefficient (Wildman–Crippen LogP) is 3.35. The van der Waals surface area contributed by atoms with Gasteiger partial charge in [-0.1, -0.05) is 29.4 Å². The number of aromatic nitrogens is 1. The van der Waals surface area contributed by atoms with E-state index in [1.807, 2.05) is 12.1 Å². The number of amides is 1. The number of nitrogens with zero attached hydrogens (tertiary/aromatic N) is 1. The third kappa shape index (κ3) is 4.23. The highest BCUT2D eigenvalue weighted by molar-refractivity contribution is 5.78. The van der Waals surface area contributed by atoms with Gasteiger partial charge in [-0.2, -0.15) is 0 Å². The largest absolute Gasteiger partial charge is 0.497 e. The number of ether oxygens (including phenoxy) is 1. The third-order valence-electron chi connectivity index (χ3n) is 3.69. The molecule has 6 heteroatoms. The van der Waals surface area contributed by atoms with E-state index in [1.54, 1.807) is 43.5 Å². The Morgan fingerprint density at radius 1 is 1.20 bits per heavy atom. The second kappa shape index (κ2) is 7.61. The highest BCUT2D eigenvalue weighted by atomic mass is 19.1. The summed E-state index contributed by atoms with van der Waals surface area (Å²) in [6.07, 6.45) is 0.252. The van der Waals surface area contributed by atoms with E-state index in [4.69, 9.17) is 9.26 Å². The van der Waals surface area contributed by atoms with Crippen LogP contribution in [0.3, 0.4) is 0 Å². The van der Waals surface area contributed by atoms with E-state index in [0.29, 0.717) is 17.0 Å². The molecule has 25 heavy (non-hydrogen) atoms. The Morgan fingerprint density at radius 3 is 2.68 bits per heavy atom. The summed E-state index contributed by atoms with van der Waals surface area (Å²) < 4.78 is 24.0. The Kier molecular flexibility index (Phi) is 5.09. The van der Waals surface area contributed by atoms with E-state index < -0.39 is 0 Å². The van der Waals surface area contributed by atoms with E-state index in [-0.39, 0.29) is 24.7 Å². The second-order valence-corrected chi connectivity index (χ2v) is 5.46. The molecule has 0 aliphatic heterocycles. The maximum atomic E-state index is 13.7. The lowest BCUT2D eigenvalue weighted by atomic mass is 10.1. The van der Waals surface area contributed by atoms with Gasteiger partial charge in [0.1, 0.15) is 17.3 Å². The van der Waals surface area contributed by atoms with Crippen LogP contribution in [-0.4, -0.2) is 18.2 Å². The zero-order chi connectivity index (χ0) is 17.6. The Bertz CT molecular complexity index is 859. The molecule has 0 spiro atoms. The van der Waals surface area contributed by atoms with Crippen LogP contribution in [0.25, 0.3) is 11.3 Å². The van der Waals surface area contributed by atoms with Crippen LogP contribution in [0.1, 0.15) is 11.3 Å². The van der Waals surface area contributed by atoms with Gasteiger partial charge in [0.15, 0.2) is 5.76 Å². The fourth-order valence-electron chi connectivity index (χ4n) is 2.36. The molecule has 0 aliphatic carbocycles. The summed E-state index contributed by atoms with van der Waals surface area (Å²) in [5.41, 5.74) is 1.75. The molecule has 0 saturated heterocycles. The molecule has 0 unspecified atom stereocenters. The molecule has 0 saturated carbocycles. The van der Waals surface area contributed by atoms with Crippen molar-refractivity contribution < 1.29 is 18.4 Å². The summed E-state index contributed by atoms with van der Waals surface area (Å²) in [5.74, 6) is 0.555. The van der Waals surface area contributed by atoms with Crippen molar-refractivity contribution in [1.82, 2.24) is 10.5 Å². The van der Waals surface area contributed by atoms with Crippen molar-refractivity contribution in [2.45, 2.75) is 13.0 Å². The van der Waals surface area contributed by atoms with Gasteiger partial charge in [0.2, 0.25) is 5.91 Å². The number of hydrogen-bond acceptors (Lipinski definition) is 4. The molecule has 0 atom stereocenters. The molecule has 3 aromatic rings. The quantitative estimate of drug-likeness (QED) is 0.747. The number of methoxy groups -OCH3 is 1. The molecular weight excluding hydrogens is 323 g/mol. The zero-order valence-corrected chi connectivity index (χ0v) is 13.7. The maximum absolute atomic E-state index is 13.7. The van der Waals surface area contributed by atoms with Crippen molar-refractivity contribution in [3.05, 3.63) is 71.7 Å². The molecule has 128 valence electrons. The molecule has 1 amide bonds. The molecule has 0 aliphatic rings. The lowest BCUT2D eigenvalue weighted by Crippen LogP contribution is -2.24. The van der Waals surface area contributed by atoms with Gasteiger partial charge in [-0.3, -0.25) is 4.79 Å². The normalized spacial score (nSPS) is 10.5. The molecule has 5 nitrogen and oxygen atoms in total. The van der Waals surface area contributed by atoms with Crippen molar-refractivity contribution >= 4 is 5.91 Å². The van der Waals surface area contributed by atoms with Crippen LogP contribution in [0.15, 0.2) is 59.1 Å². The van der Waals surface area contributed by atoms with Gasteiger partial charge in [-0.05, 0) is 29.8 Å². The third-order valence-corrected chi connectivity index (χ3v) is 3.69. The number of carbonyl (C=O) groups excluding carboxylic acids is 1. The summed E-state index contributed by atoms with van der Waals surface area (Å²) in [6.45, 7) is 0.215. The summed E-state index contributed by atoms with van der Waals surface area (Å²) in [4.78, 5) is 12.0. The first-order valence-corrected chi connectivity index (χ1v) is 7.76. The lowest BCUT2D eigenvalue weighted by molar-refractivity contribution is -0.120. The summed E-state index contributed by atoms with van der Waals surface area (Å²) in [7, 11) is 1.59. The van der Waals surface area contributed by atoms with Crippen LogP contribution in [0.4, 0.5) is 4.39 Å². The van der Waals surface area contributed by atoms with E-state index >= 15 is 0 Å². The smallest absolute Gasteiger partial charge is 0.224 e. The van der Waals surface area contributed by atoms with E-state index in [0.717, 1.165) is 11.3 Å². The number of rotatable bonds is 6. The Hall–Kier alpha value is -3.15. The molecule has 1 N–H and O–H groups in total. The molecule has 2 aromatic carbocycles. The van der Waals surface area contributed by atoms with Crippen LogP contribution in [0.2, 0.25) is 0 Å². The van der Waals surface area contributed by atoms with Gasteiger partial charge >= 0.3 is 0 Å². The SMILES string of the molecule is COc1ccc(CC(=O)NCc2cc(-c3ccccc3F)on2)cc1. The second-order valence-electron chi connectivity index (χ2n) is 5.46. The van der Waals surface area contributed by atoms with Crippen LogP contribution in [0, 0.1) is 5.82 Å². The van der Waals surface area contributed by atoms with Gasteiger partial charge in [0.25, 0.3) is 0 Å². The Balaban J connectivity index is 1.56. The van der Waals surface area contributed by atoms with Gasteiger partial charge in [0, 0.05) is 6.07 Å². The molecule has 3 rings (SSSR count). The van der Waals surface area contributed by atoms with Gasteiger partial charge < -0.3 is 14.6 Å². The summed E-state index contributed by atoms with van der Waals surface area (Å²) in [6, 6.07) is 15.2. The van der Waals surface area contributed by atoms with E-state index in [1.165, 1.54) is 6.07 Å². The van der Waals surface area contributed by atoms with Crippen LogP contribution in [0.5, 0.6) is 5.75 Å². The molecule has 0 bridgehead atoms. The summed E-state index contributed by atoms with van der Waals surface area (Å²) in [5, 5.41) is 6.63. The summed E-state index contributed by atoms with van der Waals surface area (Å²) >= 11 is 0. The zero-order valence-electron chi connectivity index (χ0n) is 13.7. The highest BCUT2D eigenvalue weighted by Gasteiger charge is 2.11.